The summed E-state index contributed by atoms with van der Waals surface area (Å²) in [6, 6.07) is 9.18. The van der Waals surface area contributed by atoms with E-state index in [1.165, 1.54) is 18.4 Å². The average molecular weight is 277 g/mol. The smallest absolute Gasteiger partial charge is 0.118 e. The van der Waals surface area contributed by atoms with Gasteiger partial charge in [-0.3, -0.25) is 0 Å². The summed E-state index contributed by atoms with van der Waals surface area (Å²) in [5.74, 6) is 1.58. The van der Waals surface area contributed by atoms with Crippen LogP contribution in [0.1, 0.15) is 44.1 Å². The maximum atomic E-state index is 8.82. The van der Waals surface area contributed by atoms with Gasteiger partial charge in [0.05, 0.1) is 7.11 Å². The predicted octanol–water partition coefficient (Wildman–Crippen LogP) is 3.04. The summed E-state index contributed by atoms with van der Waals surface area (Å²) in [7, 11) is 1.71. The van der Waals surface area contributed by atoms with Crippen LogP contribution in [0.25, 0.3) is 0 Å². The highest BCUT2D eigenvalue weighted by Gasteiger charge is 2.29. The molecular weight excluding hydrogens is 250 g/mol. The number of benzene rings is 1. The summed E-state index contributed by atoms with van der Waals surface area (Å²) >= 11 is 0. The summed E-state index contributed by atoms with van der Waals surface area (Å²) in [6.45, 7) is 4.97. The predicted molar refractivity (Wildman–Crippen MR) is 82.3 cm³/mol. The molecule has 0 aliphatic carbocycles. The number of unbranched alkanes of at least 4 members (excludes halogenated alkanes) is 2. The topological polar surface area (TPSA) is 32.7 Å². The van der Waals surface area contributed by atoms with E-state index in [0.717, 1.165) is 31.7 Å². The second-order valence-corrected chi connectivity index (χ2v) is 5.83. The van der Waals surface area contributed by atoms with Crippen molar-refractivity contribution in [2.24, 2.45) is 0 Å². The molecule has 3 nitrogen and oxygen atoms in total. The normalized spacial score (nSPS) is 23.1. The van der Waals surface area contributed by atoms with E-state index in [2.05, 4.69) is 36.1 Å². The molecule has 1 aromatic rings. The van der Waals surface area contributed by atoms with Crippen LogP contribution in [-0.4, -0.2) is 42.9 Å². The van der Waals surface area contributed by atoms with Gasteiger partial charge in [0.15, 0.2) is 0 Å². The van der Waals surface area contributed by atoms with Crippen LogP contribution in [0.5, 0.6) is 5.75 Å². The quantitative estimate of drug-likeness (QED) is 0.778. The maximum absolute atomic E-state index is 8.82. The van der Waals surface area contributed by atoms with Gasteiger partial charge in [0.25, 0.3) is 0 Å². The van der Waals surface area contributed by atoms with Gasteiger partial charge in [-0.2, -0.15) is 0 Å². The van der Waals surface area contributed by atoms with Gasteiger partial charge < -0.3 is 14.7 Å². The van der Waals surface area contributed by atoms with E-state index in [4.69, 9.17) is 9.84 Å². The Bertz CT molecular complexity index is 390. The van der Waals surface area contributed by atoms with Crippen LogP contribution in [0.2, 0.25) is 0 Å². The molecule has 0 saturated carbocycles. The summed E-state index contributed by atoms with van der Waals surface area (Å²) in [5, 5.41) is 8.82. The summed E-state index contributed by atoms with van der Waals surface area (Å²) in [5.41, 5.74) is 1.43. The SMILES string of the molecule is COc1ccc(C2CC(C)N(CCCCCO)C2)cc1. The Morgan fingerprint density at radius 2 is 1.95 bits per heavy atom. The highest BCUT2D eigenvalue weighted by Crippen LogP contribution is 2.32. The molecule has 1 fully saturated rings. The van der Waals surface area contributed by atoms with Gasteiger partial charge in [-0.15, -0.1) is 0 Å². The number of rotatable bonds is 7. The van der Waals surface area contributed by atoms with Crippen molar-refractivity contribution in [2.75, 3.05) is 26.8 Å². The van der Waals surface area contributed by atoms with E-state index in [1.54, 1.807) is 7.11 Å². The number of hydrogen-bond donors (Lipinski definition) is 1. The van der Waals surface area contributed by atoms with Crippen molar-refractivity contribution in [1.29, 1.82) is 0 Å². The molecule has 0 radical (unpaired) electrons. The first-order valence-corrected chi connectivity index (χ1v) is 7.73. The standard InChI is InChI=1S/C17H27NO2/c1-14-12-16(13-18(14)10-4-3-5-11-19)15-6-8-17(20-2)9-7-15/h6-9,14,16,19H,3-5,10-13H2,1-2H3. The lowest BCUT2D eigenvalue weighted by molar-refractivity contribution is 0.248. The van der Waals surface area contributed by atoms with Gasteiger partial charge in [-0.05, 0) is 62.8 Å². The molecule has 0 spiro atoms. The zero-order valence-electron chi connectivity index (χ0n) is 12.7. The van der Waals surface area contributed by atoms with Crippen molar-refractivity contribution >= 4 is 0 Å². The molecular formula is C17H27NO2. The van der Waals surface area contributed by atoms with E-state index < -0.39 is 0 Å². The van der Waals surface area contributed by atoms with E-state index in [9.17, 15) is 0 Å². The van der Waals surface area contributed by atoms with Gasteiger partial charge in [-0.25, -0.2) is 0 Å². The molecule has 2 rings (SSSR count). The van der Waals surface area contributed by atoms with Gasteiger partial charge in [0, 0.05) is 19.2 Å². The molecule has 1 saturated heterocycles. The molecule has 1 heterocycles. The molecule has 1 aliphatic heterocycles. The minimum atomic E-state index is 0.323. The van der Waals surface area contributed by atoms with E-state index >= 15 is 0 Å². The summed E-state index contributed by atoms with van der Waals surface area (Å²) in [4.78, 5) is 2.59. The molecule has 1 aliphatic rings. The summed E-state index contributed by atoms with van der Waals surface area (Å²) < 4.78 is 5.22. The number of nitrogens with zero attached hydrogens (tertiary/aromatic N) is 1. The third kappa shape index (κ3) is 3.97. The molecule has 0 amide bonds. The van der Waals surface area contributed by atoms with Crippen molar-refractivity contribution in [3.05, 3.63) is 29.8 Å². The Kier molecular flexibility index (Phi) is 5.86. The zero-order valence-corrected chi connectivity index (χ0v) is 12.7. The third-order valence-corrected chi connectivity index (χ3v) is 4.39. The van der Waals surface area contributed by atoms with Gasteiger partial charge in [0.2, 0.25) is 0 Å². The Balaban J connectivity index is 1.85. The van der Waals surface area contributed by atoms with Crippen molar-refractivity contribution in [1.82, 2.24) is 4.90 Å². The van der Waals surface area contributed by atoms with Crippen molar-refractivity contribution in [3.63, 3.8) is 0 Å². The maximum Gasteiger partial charge on any atom is 0.118 e. The third-order valence-electron chi connectivity index (χ3n) is 4.39. The first-order valence-electron chi connectivity index (χ1n) is 7.73. The summed E-state index contributed by atoms with van der Waals surface area (Å²) in [6.07, 6.45) is 4.50. The van der Waals surface area contributed by atoms with E-state index in [1.807, 2.05) is 0 Å². The second kappa shape index (κ2) is 7.65. The molecule has 0 bridgehead atoms. The van der Waals surface area contributed by atoms with Crippen LogP contribution >= 0.6 is 0 Å². The van der Waals surface area contributed by atoms with Crippen LogP contribution in [0, 0.1) is 0 Å². The average Bonchev–Trinajstić information content (AvgIpc) is 2.85. The van der Waals surface area contributed by atoms with Gasteiger partial charge >= 0.3 is 0 Å². The minimum Gasteiger partial charge on any atom is -0.497 e. The molecule has 112 valence electrons. The molecule has 2 atom stereocenters. The van der Waals surface area contributed by atoms with Crippen molar-refractivity contribution in [2.45, 2.75) is 44.6 Å². The molecule has 20 heavy (non-hydrogen) atoms. The Morgan fingerprint density at radius 1 is 1.20 bits per heavy atom. The Morgan fingerprint density at radius 3 is 2.60 bits per heavy atom. The number of aliphatic hydroxyl groups is 1. The largest absolute Gasteiger partial charge is 0.497 e. The van der Waals surface area contributed by atoms with E-state index in [-0.39, 0.29) is 0 Å². The van der Waals surface area contributed by atoms with E-state index in [0.29, 0.717) is 18.6 Å². The fraction of sp³-hybridized carbons (Fsp3) is 0.647. The highest BCUT2D eigenvalue weighted by atomic mass is 16.5. The number of ether oxygens (including phenoxy) is 1. The van der Waals surface area contributed by atoms with Crippen molar-refractivity contribution < 1.29 is 9.84 Å². The lowest BCUT2D eigenvalue weighted by Crippen LogP contribution is -2.28. The molecule has 3 heteroatoms. The lowest BCUT2D eigenvalue weighted by Gasteiger charge is -2.20. The minimum absolute atomic E-state index is 0.323. The molecule has 0 aromatic heterocycles. The van der Waals surface area contributed by atoms with Crippen LogP contribution in [0.4, 0.5) is 0 Å². The number of aliphatic hydroxyl groups excluding tert-OH is 1. The van der Waals surface area contributed by atoms with Crippen LogP contribution < -0.4 is 4.74 Å². The van der Waals surface area contributed by atoms with Crippen molar-refractivity contribution in [3.8, 4) is 5.75 Å². The first kappa shape index (κ1) is 15.3. The Hall–Kier alpha value is -1.06. The lowest BCUT2D eigenvalue weighted by atomic mass is 9.97. The molecule has 2 unspecified atom stereocenters. The monoisotopic (exact) mass is 277 g/mol. The van der Waals surface area contributed by atoms with Gasteiger partial charge in [-0.1, -0.05) is 12.1 Å². The fourth-order valence-corrected chi connectivity index (χ4v) is 3.13. The van der Waals surface area contributed by atoms with Crippen LogP contribution in [0.15, 0.2) is 24.3 Å². The first-order chi connectivity index (χ1) is 9.74. The van der Waals surface area contributed by atoms with Crippen LogP contribution in [-0.2, 0) is 0 Å². The number of hydrogen-bond acceptors (Lipinski definition) is 3. The second-order valence-electron chi connectivity index (χ2n) is 5.83. The van der Waals surface area contributed by atoms with Gasteiger partial charge in [0.1, 0.15) is 5.75 Å². The van der Waals surface area contributed by atoms with Crippen LogP contribution in [0.3, 0.4) is 0 Å². The number of methoxy groups -OCH3 is 1. The fourth-order valence-electron chi connectivity index (χ4n) is 3.13. The molecule has 1 aromatic carbocycles. The number of likely N-dealkylation sites (tertiary alicyclic amines) is 1. The highest BCUT2D eigenvalue weighted by molar-refractivity contribution is 5.30. The zero-order chi connectivity index (χ0) is 14.4. The molecule has 1 N–H and O–H groups in total. The Labute approximate surface area is 122 Å².